The summed E-state index contributed by atoms with van der Waals surface area (Å²) in [5.74, 6) is -3.50. The monoisotopic (exact) mass is 272 g/mol. The number of carbonyl (C=O) groups excluding carboxylic acids is 3. The molecule has 0 saturated heterocycles. The van der Waals surface area contributed by atoms with Crippen LogP contribution >= 0.6 is 0 Å². The molecule has 9 nitrogen and oxygen atoms in total. The Morgan fingerprint density at radius 2 is 1.84 bits per heavy atom. The molecule has 0 radical (unpaired) electrons. The predicted octanol–water partition coefficient (Wildman–Crippen LogP) is -2.94. The zero-order valence-electron chi connectivity index (χ0n) is 10.3. The van der Waals surface area contributed by atoms with Crippen LogP contribution in [0.25, 0.3) is 0 Å². The van der Waals surface area contributed by atoms with Crippen molar-refractivity contribution < 1.29 is 24.3 Å². The molecule has 0 bridgehead atoms. The van der Waals surface area contributed by atoms with Crippen LogP contribution in [0.1, 0.15) is 6.92 Å². The van der Waals surface area contributed by atoms with Crippen molar-refractivity contribution in [1.82, 2.24) is 10.6 Å². The summed E-state index contributed by atoms with van der Waals surface area (Å²) in [4.78, 5) is 43.6. The molecule has 0 spiro atoms. The number of carboxylic acids is 1. The number of primary amides is 1. The van der Waals surface area contributed by atoms with E-state index in [2.05, 4.69) is 10.6 Å². The molecule has 19 heavy (non-hydrogen) atoms. The van der Waals surface area contributed by atoms with Gasteiger partial charge in [0.1, 0.15) is 6.04 Å². The van der Waals surface area contributed by atoms with Crippen LogP contribution in [0.4, 0.5) is 0 Å². The third kappa shape index (κ3) is 7.49. The van der Waals surface area contributed by atoms with Crippen LogP contribution in [0.3, 0.4) is 0 Å². The van der Waals surface area contributed by atoms with Gasteiger partial charge in [0, 0.05) is 18.7 Å². The molecule has 0 rings (SSSR count). The third-order valence-corrected chi connectivity index (χ3v) is 1.91. The van der Waals surface area contributed by atoms with Gasteiger partial charge in [-0.1, -0.05) is 0 Å². The first-order valence-electron chi connectivity index (χ1n) is 5.28. The molecule has 0 aliphatic rings. The van der Waals surface area contributed by atoms with E-state index >= 15 is 0 Å². The summed E-state index contributed by atoms with van der Waals surface area (Å²) in [5, 5.41) is 13.2. The molecule has 0 saturated carbocycles. The van der Waals surface area contributed by atoms with Gasteiger partial charge in [0.15, 0.2) is 0 Å². The topological polar surface area (TPSA) is 165 Å². The predicted molar refractivity (Wildman–Crippen MR) is 64.6 cm³/mol. The van der Waals surface area contributed by atoms with Gasteiger partial charge in [-0.3, -0.25) is 14.4 Å². The zero-order valence-corrected chi connectivity index (χ0v) is 10.3. The average Bonchev–Trinajstić information content (AvgIpc) is 2.30. The lowest BCUT2D eigenvalue weighted by molar-refractivity contribution is -0.141. The van der Waals surface area contributed by atoms with Crippen LogP contribution in [-0.4, -0.2) is 47.4 Å². The number of rotatable bonds is 7. The maximum atomic E-state index is 11.2. The zero-order chi connectivity index (χ0) is 15.0. The largest absolute Gasteiger partial charge is 0.480 e. The first-order valence-corrected chi connectivity index (χ1v) is 5.28. The third-order valence-electron chi connectivity index (χ3n) is 1.91. The van der Waals surface area contributed by atoms with Crippen LogP contribution in [0.15, 0.2) is 12.2 Å². The van der Waals surface area contributed by atoms with Gasteiger partial charge in [-0.25, -0.2) is 4.79 Å². The lowest BCUT2D eigenvalue weighted by Gasteiger charge is -2.16. The highest BCUT2D eigenvalue weighted by Crippen LogP contribution is 1.86. The van der Waals surface area contributed by atoms with Gasteiger partial charge >= 0.3 is 5.97 Å². The van der Waals surface area contributed by atoms with Gasteiger partial charge < -0.3 is 27.2 Å². The molecule has 106 valence electrons. The number of hydrogen-bond donors (Lipinski definition) is 5. The van der Waals surface area contributed by atoms with E-state index in [1.807, 2.05) is 0 Å². The first-order chi connectivity index (χ1) is 8.73. The van der Waals surface area contributed by atoms with Crippen molar-refractivity contribution in [3.63, 3.8) is 0 Å². The summed E-state index contributed by atoms with van der Waals surface area (Å²) in [5.41, 5.74) is 10.0. The van der Waals surface area contributed by atoms with Gasteiger partial charge in [0.25, 0.3) is 0 Å². The van der Waals surface area contributed by atoms with Crippen molar-refractivity contribution in [2.45, 2.75) is 19.0 Å². The van der Waals surface area contributed by atoms with Crippen LogP contribution in [0.2, 0.25) is 0 Å². The normalized spacial score (nSPS) is 13.6. The number of hydrogen-bond acceptors (Lipinski definition) is 5. The van der Waals surface area contributed by atoms with E-state index in [1.165, 1.54) is 6.92 Å². The van der Waals surface area contributed by atoms with E-state index in [1.54, 1.807) is 0 Å². The minimum Gasteiger partial charge on any atom is -0.480 e. The Morgan fingerprint density at radius 1 is 1.26 bits per heavy atom. The van der Waals surface area contributed by atoms with Crippen LogP contribution in [-0.2, 0) is 19.2 Å². The summed E-state index contributed by atoms with van der Waals surface area (Å²) in [6, 6.07) is -2.18. The fourth-order valence-electron chi connectivity index (χ4n) is 0.923. The van der Waals surface area contributed by atoms with Gasteiger partial charge in [-0.15, -0.1) is 0 Å². The number of amides is 3. The minimum absolute atomic E-state index is 0.351. The Morgan fingerprint density at radius 3 is 2.26 bits per heavy atom. The fraction of sp³-hybridized carbons (Fsp3) is 0.400. The Labute approximate surface area is 109 Å². The second-order valence-electron chi connectivity index (χ2n) is 3.67. The summed E-state index contributed by atoms with van der Waals surface area (Å²) in [6.45, 7) is 1.04. The highest BCUT2D eigenvalue weighted by Gasteiger charge is 2.21. The average molecular weight is 272 g/mol. The minimum atomic E-state index is -1.33. The lowest BCUT2D eigenvalue weighted by atomic mass is 10.2. The van der Waals surface area contributed by atoms with Crippen molar-refractivity contribution in [2.24, 2.45) is 11.5 Å². The summed E-state index contributed by atoms with van der Waals surface area (Å²) >= 11 is 0. The van der Waals surface area contributed by atoms with Crippen LogP contribution in [0.5, 0.6) is 0 Å². The van der Waals surface area contributed by atoms with Gasteiger partial charge in [-0.05, 0) is 6.92 Å². The van der Waals surface area contributed by atoms with E-state index < -0.39 is 35.8 Å². The smallest absolute Gasteiger partial charge is 0.328 e. The van der Waals surface area contributed by atoms with E-state index in [0.29, 0.717) is 0 Å². The molecule has 9 heteroatoms. The Bertz CT molecular complexity index is 405. The maximum Gasteiger partial charge on any atom is 0.328 e. The molecule has 3 amide bonds. The molecule has 7 N–H and O–H groups in total. The highest BCUT2D eigenvalue weighted by molar-refractivity contribution is 5.96. The SMILES string of the molecule is CC(N)C(=O)NC(CNC(=O)/C=C/C(N)=O)C(=O)O. The van der Waals surface area contributed by atoms with Crippen molar-refractivity contribution in [3.05, 3.63) is 12.2 Å². The molecule has 2 atom stereocenters. The molecule has 0 aliphatic carbocycles. The van der Waals surface area contributed by atoms with E-state index in [0.717, 1.165) is 12.2 Å². The Balaban J connectivity index is 4.38. The first kappa shape index (κ1) is 16.6. The summed E-state index contributed by atoms with van der Waals surface area (Å²) in [6.07, 6.45) is 1.68. The van der Waals surface area contributed by atoms with Crippen LogP contribution < -0.4 is 22.1 Å². The molecule has 0 aromatic carbocycles. The molecule has 0 aliphatic heterocycles. The summed E-state index contributed by atoms with van der Waals surface area (Å²) < 4.78 is 0. The van der Waals surface area contributed by atoms with Gasteiger partial charge in [0.2, 0.25) is 17.7 Å². The van der Waals surface area contributed by atoms with Crippen molar-refractivity contribution in [1.29, 1.82) is 0 Å². The number of nitrogens with one attached hydrogen (secondary N) is 2. The molecule has 0 fully saturated rings. The number of carbonyl (C=O) groups is 4. The highest BCUT2D eigenvalue weighted by atomic mass is 16.4. The molecule has 0 aromatic rings. The molecule has 0 aromatic heterocycles. The number of nitrogens with two attached hydrogens (primary N) is 2. The molecule has 0 heterocycles. The lowest BCUT2D eigenvalue weighted by Crippen LogP contribution is -2.52. The van der Waals surface area contributed by atoms with Gasteiger partial charge in [0.05, 0.1) is 6.04 Å². The Kier molecular flexibility index (Phi) is 6.82. The number of carboxylic acid groups (broad SMARTS) is 1. The van der Waals surface area contributed by atoms with E-state index in [4.69, 9.17) is 16.6 Å². The van der Waals surface area contributed by atoms with Crippen molar-refractivity contribution in [3.8, 4) is 0 Å². The second kappa shape index (κ2) is 7.82. The number of aliphatic carboxylic acids is 1. The standard InChI is InChI=1S/C10H16N4O5/c1-5(11)9(17)14-6(10(18)19)4-13-8(16)3-2-7(12)15/h2-3,5-6H,4,11H2,1H3,(H2,12,15)(H,13,16)(H,14,17)(H,18,19)/b3-2+. The quantitative estimate of drug-likeness (QED) is 0.311. The summed E-state index contributed by atoms with van der Waals surface area (Å²) in [7, 11) is 0. The van der Waals surface area contributed by atoms with Crippen LogP contribution in [0, 0.1) is 0 Å². The maximum absolute atomic E-state index is 11.2. The van der Waals surface area contributed by atoms with E-state index in [-0.39, 0.29) is 6.54 Å². The van der Waals surface area contributed by atoms with Crippen molar-refractivity contribution in [2.75, 3.05) is 6.54 Å². The Hall–Kier alpha value is -2.42. The van der Waals surface area contributed by atoms with Crippen molar-refractivity contribution >= 4 is 23.7 Å². The molecular weight excluding hydrogens is 256 g/mol. The second-order valence-corrected chi connectivity index (χ2v) is 3.67. The fourth-order valence-corrected chi connectivity index (χ4v) is 0.923. The molecule has 2 unspecified atom stereocenters. The molecular formula is C10H16N4O5. The van der Waals surface area contributed by atoms with Gasteiger partial charge in [-0.2, -0.15) is 0 Å². The van der Waals surface area contributed by atoms with E-state index in [9.17, 15) is 19.2 Å².